The lowest BCUT2D eigenvalue weighted by Gasteiger charge is -2.19. The molecule has 0 spiro atoms. The number of amides is 2. The molecule has 0 radical (unpaired) electrons. The summed E-state index contributed by atoms with van der Waals surface area (Å²) >= 11 is 0. The van der Waals surface area contributed by atoms with Gasteiger partial charge in [-0.1, -0.05) is 25.5 Å². The Bertz CT molecular complexity index is 622. The van der Waals surface area contributed by atoms with Gasteiger partial charge in [0.25, 0.3) is 0 Å². The van der Waals surface area contributed by atoms with Gasteiger partial charge in [-0.05, 0) is 24.1 Å². The van der Waals surface area contributed by atoms with Crippen molar-refractivity contribution in [3.05, 3.63) is 48.0 Å². The first-order chi connectivity index (χ1) is 11.2. The van der Waals surface area contributed by atoms with Crippen LogP contribution in [0.4, 0.5) is 4.79 Å². The molecule has 1 atom stereocenters. The smallest absolute Gasteiger partial charge is 0.315 e. The number of carbonyl (C=O) groups is 1. The summed E-state index contributed by atoms with van der Waals surface area (Å²) in [5.41, 5.74) is 0.950. The van der Waals surface area contributed by atoms with Crippen LogP contribution in [-0.4, -0.2) is 29.2 Å². The Labute approximate surface area is 136 Å². The van der Waals surface area contributed by atoms with Crippen molar-refractivity contribution in [3.8, 4) is 5.75 Å². The zero-order chi connectivity index (χ0) is 16.7. The summed E-state index contributed by atoms with van der Waals surface area (Å²) in [5.74, 6) is 1.56. The Kier molecular flexibility index (Phi) is 6.02. The molecule has 6 heteroatoms. The number of unbranched alkanes of at least 4 members (excludes halogenated alkanes) is 1. The van der Waals surface area contributed by atoms with Gasteiger partial charge in [0.05, 0.1) is 7.11 Å². The SMILES string of the molecule is CCCCNC(=O)N[C@@H](c1ccc(OC)cc1)c1nccn1C. The summed E-state index contributed by atoms with van der Waals surface area (Å²) in [7, 11) is 3.54. The molecule has 2 rings (SSSR count). The number of urea groups is 1. The Morgan fingerprint density at radius 2 is 2.09 bits per heavy atom. The lowest BCUT2D eigenvalue weighted by molar-refractivity contribution is 0.238. The number of benzene rings is 1. The minimum absolute atomic E-state index is 0.192. The lowest BCUT2D eigenvalue weighted by Crippen LogP contribution is -2.39. The number of rotatable bonds is 7. The Morgan fingerprint density at radius 1 is 1.35 bits per heavy atom. The zero-order valence-corrected chi connectivity index (χ0v) is 13.9. The number of hydrogen-bond donors (Lipinski definition) is 2. The maximum absolute atomic E-state index is 12.1. The molecule has 1 heterocycles. The third kappa shape index (κ3) is 4.48. The van der Waals surface area contributed by atoms with Crippen molar-refractivity contribution in [2.75, 3.05) is 13.7 Å². The van der Waals surface area contributed by atoms with Crippen LogP contribution in [0.5, 0.6) is 5.75 Å². The van der Waals surface area contributed by atoms with Crippen LogP contribution in [0.2, 0.25) is 0 Å². The van der Waals surface area contributed by atoms with Crippen molar-refractivity contribution < 1.29 is 9.53 Å². The topological polar surface area (TPSA) is 68.2 Å². The van der Waals surface area contributed by atoms with E-state index >= 15 is 0 Å². The maximum Gasteiger partial charge on any atom is 0.315 e. The highest BCUT2D eigenvalue weighted by Crippen LogP contribution is 2.22. The molecule has 0 aliphatic carbocycles. The summed E-state index contributed by atoms with van der Waals surface area (Å²) in [6.07, 6.45) is 5.59. The van der Waals surface area contributed by atoms with E-state index in [1.54, 1.807) is 13.3 Å². The number of carbonyl (C=O) groups excluding carboxylic acids is 1. The molecule has 0 aliphatic heterocycles. The fourth-order valence-corrected chi connectivity index (χ4v) is 2.31. The molecule has 0 fully saturated rings. The van der Waals surface area contributed by atoms with Crippen molar-refractivity contribution in [2.45, 2.75) is 25.8 Å². The second-order valence-electron chi connectivity index (χ2n) is 5.36. The average Bonchev–Trinajstić information content (AvgIpc) is 2.99. The molecule has 0 saturated carbocycles. The molecule has 1 aromatic heterocycles. The van der Waals surface area contributed by atoms with E-state index in [1.807, 2.05) is 42.1 Å². The van der Waals surface area contributed by atoms with Gasteiger partial charge < -0.3 is 19.9 Å². The molecule has 124 valence electrons. The molecule has 6 nitrogen and oxygen atoms in total. The van der Waals surface area contributed by atoms with E-state index in [0.717, 1.165) is 30.0 Å². The van der Waals surface area contributed by atoms with Gasteiger partial charge in [0.1, 0.15) is 17.6 Å². The first-order valence-electron chi connectivity index (χ1n) is 7.81. The Hall–Kier alpha value is -2.50. The highest BCUT2D eigenvalue weighted by molar-refractivity contribution is 5.74. The molecule has 0 bridgehead atoms. The number of methoxy groups -OCH3 is 1. The van der Waals surface area contributed by atoms with Gasteiger partial charge in [0, 0.05) is 26.0 Å². The highest BCUT2D eigenvalue weighted by atomic mass is 16.5. The third-order valence-electron chi connectivity index (χ3n) is 3.66. The summed E-state index contributed by atoms with van der Waals surface area (Å²) in [4.78, 5) is 16.5. The summed E-state index contributed by atoms with van der Waals surface area (Å²) < 4.78 is 7.09. The molecular formula is C17H24N4O2. The maximum atomic E-state index is 12.1. The normalized spacial score (nSPS) is 11.8. The minimum atomic E-state index is -0.317. The second kappa shape index (κ2) is 8.22. The van der Waals surface area contributed by atoms with E-state index in [4.69, 9.17) is 4.74 Å². The predicted molar refractivity (Wildman–Crippen MR) is 89.5 cm³/mol. The van der Waals surface area contributed by atoms with Gasteiger partial charge in [0.15, 0.2) is 0 Å². The Morgan fingerprint density at radius 3 is 2.65 bits per heavy atom. The Balaban J connectivity index is 2.18. The number of aromatic nitrogens is 2. The van der Waals surface area contributed by atoms with Crippen molar-refractivity contribution in [1.82, 2.24) is 20.2 Å². The van der Waals surface area contributed by atoms with Crippen molar-refractivity contribution in [1.29, 1.82) is 0 Å². The van der Waals surface area contributed by atoms with Gasteiger partial charge in [-0.2, -0.15) is 0 Å². The largest absolute Gasteiger partial charge is 0.497 e. The first-order valence-corrected chi connectivity index (χ1v) is 7.81. The van der Waals surface area contributed by atoms with Gasteiger partial charge in [0.2, 0.25) is 0 Å². The van der Waals surface area contributed by atoms with Gasteiger partial charge in [-0.3, -0.25) is 0 Å². The number of ether oxygens (including phenoxy) is 1. The second-order valence-corrected chi connectivity index (χ2v) is 5.36. The molecule has 2 N–H and O–H groups in total. The van der Waals surface area contributed by atoms with E-state index in [1.165, 1.54) is 0 Å². The van der Waals surface area contributed by atoms with E-state index in [2.05, 4.69) is 22.5 Å². The minimum Gasteiger partial charge on any atom is -0.497 e. The zero-order valence-electron chi connectivity index (χ0n) is 13.9. The van der Waals surface area contributed by atoms with Crippen LogP contribution >= 0.6 is 0 Å². The van der Waals surface area contributed by atoms with Crippen LogP contribution in [0, 0.1) is 0 Å². The molecular weight excluding hydrogens is 292 g/mol. The number of imidazole rings is 1. The van der Waals surface area contributed by atoms with E-state index < -0.39 is 0 Å². The summed E-state index contributed by atoms with van der Waals surface area (Å²) in [6, 6.07) is 7.11. The standard InChI is InChI=1S/C17H24N4O2/c1-4-5-10-19-17(22)20-15(16-18-11-12-21(16)2)13-6-8-14(23-3)9-7-13/h6-9,11-12,15H,4-5,10H2,1-3H3,(H2,19,20,22)/t15-/m0/s1. The van der Waals surface area contributed by atoms with Crippen LogP contribution in [-0.2, 0) is 7.05 Å². The van der Waals surface area contributed by atoms with Crippen LogP contribution in [0.3, 0.4) is 0 Å². The van der Waals surface area contributed by atoms with Gasteiger partial charge >= 0.3 is 6.03 Å². The number of nitrogens with one attached hydrogen (secondary N) is 2. The van der Waals surface area contributed by atoms with Crippen molar-refractivity contribution in [2.24, 2.45) is 7.05 Å². The first kappa shape index (κ1) is 16.9. The molecule has 23 heavy (non-hydrogen) atoms. The van der Waals surface area contributed by atoms with Crippen LogP contribution in [0.1, 0.15) is 37.2 Å². The highest BCUT2D eigenvalue weighted by Gasteiger charge is 2.20. The van der Waals surface area contributed by atoms with Crippen LogP contribution < -0.4 is 15.4 Å². The van der Waals surface area contributed by atoms with E-state index in [9.17, 15) is 4.79 Å². The third-order valence-corrected chi connectivity index (χ3v) is 3.66. The molecule has 1 aromatic carbocycles. The van der Waals surface area contributed by atoms with Crippen LogP contribution in [0.15, 0.2) is 36.7 Å². The number of aryl methyl sites for hydroxylation is 1. The summed E-state index contributed by atoms with van der Waals surface area (Å²) in [6.45, 7) is 2.76. The monoisotopic (exact) mass is 316 g/mol. The van der Waals surface area contributed by atoms with E-state index in [-0.39, 0.29) is 12.1 Å². The quantitative estimate of drug-likeness (QED) is 0.772. The molecule has 0 saturated heterocycles. The summed E-state index contributed by atoms with van der Waals surface area (Å²) in [5, 5.41) is 5.87. The van der Waals surface area contributed by atoms with Crippen molar-refractivity contribution in [3.63, 3.8) is 0 Å². The van der Waals surface area contributed by atoms with E-state index in [0.29, 0.717) is 6.54 Å². The predicted octanol–water partition coefficient (Wildman–Crippen LogP) is 2.62. The fraction of sp³-hybridized carbons (Fsp3) is 0.412. The molecule has 2 amide bonds. The molecule has 0 aliphatic rings. The van der Waals surface area contributed by atoms with Gasteiger partial charge in [-0.25, -0.2) is 9.78 Å². The van der Waals surface area contributed by atoms with Crippen LogP contribution in [0.25, 0.3) is 0 Å². The van der Waals surface area contributed by atoms with Crippen molar-refractivity contribution >= 4 is 6.03 Å². The molecule has 0 unspecified atom stereocenters. The number of hydrogen-bond acceptors (Lipinski definition) is 3. The molecule has 2 aromatic rings. The lowest BCUT2D eigenvalue weighted by atomic mass is 10.1. The van der Waals surface area contributed by atoms with Gasteiger partial charge in [-0.15, -0.1) is 0 Å². The average molecular weight is 316 g/mol. The fourth-order valence-electron chi connectivity index (χ4n) is 2.31. The number of nitrogens with zero attached hydrogens (tertiary/aromatic N) is 2.